The molecule has 0 spiro atoms. The van der Waals surface area contributed by atoms with Crippen molar-refractivity contribution in [3.63, 3.8) is 0 Å². The summed E-state index contributed by atoms with van der Waals surface area (Å²) in [5.41, 5.74) is -0.0219. The first-order chi connectivity index (χ1) is 13.0. The van der Waals surface area contributed by atoms with Crippen molar-refractivity contribution in [2.24, 2.45) is 4.99 Å². The van der Waals surface area contributed by atoms with Crippen LogP contribution in [0, 0.1) is 0 Å². The van der Waals surface area contributed by atoms with E-state index in [1.54, 1.807) is 7.05 Å². The molecule has 6 nitrogen and oxygen atoms in total. The van der Waals surface area contributed by atoms with Gasteiger partial charge in [0.2, 0.25) is 5.89 Å². The van der Waals surface area contributed by atoms with Crippen LogP contribution in [-0.4, -0.2) is 37.2 Å². The predicted molar refractivity (Wildman–Crippen MR) is 125 cm³/mol. The van der Waals surface area contributed by atoms with Gasteiger partial charge < -0.3 is 19.8 Å². The second kappa shape index (κ2) is 13.4. The Morgan fingerprint density at radius 3 is 2.57 bits per heavy atom. The standard InChI is InChI=1S/C21H38N4O2.HI/c1-21(2,3)18-15-24-19(27-18)16-25-20(22-4)23-13-9-6-10-14-26-17-11-7-5-8-12-17;/h15,17H,5-14,16H2,1-4H3,(H2,22,23,25);1H. The lowest BCUT2D eigenvalue weighted by molar-refractivity contribution is 0.0264. The van der Waals surface area contributed by atoms with Gasteiger partial charge >= 0.3 is 0 Å². The number of guanidine groups is 1. The Hall–Kier alpha value is -0.830. The van der Waals surface area contributed by atoms with E-state index in [1.807, 2.05) is 6.20 Å². The van der Waals surface area contributed by atoms with Gasteiger partial charge in [0.05, 0.1) is 18.8 Å². The van der Waals surface area contributed by atoms with E-state index in [0.717, 1.165) is 37.7 Å². The summed E-state index contributed by atoms with van der Waals surface area (Å²) in [6, 6.07) is 0. The van der Waals surface area contributed by atoms with Gasteiger partial charge in [-0.05, 0) is 32.1 Å². The van der Waals surface area contributed by atoms with Crippen molar-refractivity contribution in [2.45, 2.75) is 90.2 Å². The van der Waals surface area contributed by atoms with E-state index in [2.05, 4.69) is 41.4 Å². The van der Waals surface area contributed by atoms with E-state index in [1.165, 1.54) is 38.5 Å². The molecule has 1 heterocycles. The van der Waals surface area contributed by atoms with E-state index in [4.69, 9.17) is 9.15 Å². The molecule has 7 heteroatoms. The Balaban J connectivity index is 0.00000392. The minimum absolute atomic E-state index is 0. The molecule has 0 aromatic carbocycles. The average molecular weight is 506 g/mol. The average Bonchev–Trinajstić information content (AvgIpc) is 3.14. The van der Waals surface area contributed by atoms with Crippen molar-refractivity contribution >= 4 is 29.9 Å². The molecule has 1 aliphatic carbocycles. The number of aromatic nitrogens is 1. The summed E-state index contributed by atoms with van der Waals surface area (Å²) in [5.74, 6) is 2.37. The van der Waals surface area contributed by atoms with Crippen LogP contribution in [0.25, 0.3) is 0 Å². The Kier molecular flexibility index (Phi) is 12.1. The second-order valence-electron chi connectivity index (χ2n) is 8.41. The van der Waals surface area contributed by atoms with E-state index in [9.17, 15) is 0 Å². The summed E-state index contributed by atoms with van der Waals surface area (Å²) in [6.07, 6.45) is 12.3. The van der Waals surface area contributed by atoms with Gasteiger partial charge in [-0.15, -0.1) is 24.0 Å². The van der Waals surface area contributed by atoms with Crippen molar-refractivity contribution in [1.82, 2.24) is 15.6 Å². The molecule has 2 N–H and O–H groups in total. The number of hydrogen-bond acceptors (Lipinski definition) is 4. The Morgan fingerprint density at radius 1 is 1.18 bits per heavy atom. The molecule has 0 bridgehead atoms. The molecular weight excluding hydrogens is 467 g/mol. The molecule has 2 rings (SSSR count). The highest BCUT2D eigenvalue weighted by Crippen LogP contribution is 2.22. The largest absolute Gasteiger partial charge is 0.443 e. The summed E-state index contributed by atoms with van der Waals surface area (Å²) < 4.78 is 11.8. The highest BCUT2D eigenvalue weighted by molar-refractivity contribution is 14.0. The van der Waals surface area contributed by atoms with Gasteiger partial charge in [0.25, 0.3) is 0 Å². The minimum atomic E-state index is -0.0219. The highest BCUT2D eigenvalue weighted by atomic mass is 127. The number of aliphatic imine (C=N–C) groups is 1. The van der Waals surface area contributed by atoms with Gasteiger partial charge in [-0.2, -0.15) is 0 Å². The Bertz CT molecular complexity index is 563. The van der Waals surface area contributed by atoms with Crippen molar-refractivity contribution in [3.05, 3.63) is 17.8 Å². The van der Waals surface area contributed by atoms with Crippen LogP contribution < -0.4 is 10.6 Å². The smallest absolute Gasteiger partial charge is 0.213 e. The third-order valence-electron chi connectivity index (χ3n) is 4.94. The number of oxazole rings is 1. The van der Waals surface area contributed by atoms with Crippen molar-refractivity contribution in [1.29, 1.82) is 0 Å². The molecule has 0 saturated heterocycles. The summed E-state index contributed by atoms with van der Waals surface area (Å²) >= 11 is 0. The predicted octanol–water partition coefficient (Wildman–Crippen LogP) is 4.77. The van der Waals surface area contributed by atoms with E-state index in [-0.39, 0.29) is 29.4 Å². The van der Waals surface area contributed by atoms with Gasteiger partial charge in [-0.3, -0.25) is 4.99 Å². The SMILES string of the molecule is CN=C(NCCCCCOC1CCCCC1)NCc1ncc(C(C)(C)C)o1.I. The first-order valence-corrected chi connectivity index (χ1v) is 10.5. The third kappa shape index (κ3) is 9.58. The van der Waals surface area contributed by atoms with Crippen LogP contribution in [0.1, 0.15) is 83.8 Å². The number of hydrogen-bond donors (Lipinski definition) is 2. The number of ether oxygens (including phenoxy) is 1. The molecule has 0 radical (unpaired) electrons. The fourth-order valence-electron chi connectivity index (χ4n) is 3.21. The van der Waals surface area contributed by atoms with Crippen LogP contribution in [-0.2, 0) is 16.7 Å². The number of rotatable bonds is 9. The zero-order chi connectivity index (χ0) is 19.5. The molecule has 0 amide bonds. The quantitative estimate of drug-likeness (QED) is 0.219. The first kappa shape index (κ1) is 25.2. The summed E-state index contributed by atoms with van der Waals surface area (Å²) in [7, 11) is 1.78. The lowest BCUT2D eigenvalue weighted by Crippen LogP contribution is -2.37. The summed E-state index contributed by atoms with van der Waals surface area (Å²) in [5, 5.41) is 6.60. The van der Waals surface area contributed by atoms with Crippen LogP contribution in [0.2, 0.25) is 0 Å². The number of nitrogens with one attached hydrogen (secondary N) is 2. The van der Waals surface area contributed by atoms with Crippen molar-refractivity contribution < 1.29 is 9.15 Å². The lowest BCUT2D eigenvalue weighted by atomic mass is 9.94. The second-order valence-corrected chi connectivity index (χ2v) is 8.41. The first-order valence-electron chi connectivity index (χ1n) is 10.5. The lowest BCUT2D eigenvalue weighted by Gasteiger charge is -2.21. The maximum atomic E-state index is 5.97. The fourth-order valence-corrected chi connectivity index (χ4v) is 3.21. The van der Waals surface area contributed by atoms with E-state index >= 15 is 0 Å². The normalized spacial score (nSPS) is 15.9. The van der Waals surface area contributed by atoms with Gasteiger partial charge in [-0.1, -0.05) is 40.0 Å². The number of nitrogens with zero attached hydrogens (tertiary/aromatic N) is 2. The molecule has 162 valence electrons. The fraction of sp³-hybridized carbons (Fsp3) is 0.810. The molecule has 1 aliphatic rings. The molecule has 1 aromatic rings. The zero-order valence-corrected chi connectivity index (χ0v) is 20.4. The van der Waals surface area contributed by atoms with Crippen LogP contribution in [0.3, 0.4) is 0 Å². The van der Waals surface area contributed by atoms with E-state index < -0.39 is 0 Å². The molecule has 1 aromatic heterocycles. The summed E-state index contributed by atoms with van der Waals surface area (Å²) in [6.45, 7) is 8.69. The van der Waals surface area contributed by atoms with Gasteiger partial charge in [0, 0.05) is 25.6 Å². The number of halogens is 1. The van der Waals surface area contributed by atoms with Crippen molar-refractivity contribution in [3.8, 4) is 0 Å². The van der Waals surface area contributed by atoms with Gasteiger partial charge in [-0.25, -0.2) is 4.98 Å². The molecule has 0 unspecified atom stereocenters. The third-order valence-corrected chi connectivity index (χ3v) is 4.94. The summed E-state index contributed by atoms with van der Waals surface area (Å²) in [4.78, 5) is 8.59. The molecule has 0 atom stereocenters. The maximum absolute atomic E-state index is 5.97. The van der Waals surface area contributed by atoms with Crippen LogP contribution >= 0.6 is 24.0 Å². The molecule has 1 fully saturated rings. The Labute approximate surface area is 187 Å². The zero-order valence-electron chi connectivity index (χ0n) is 18.1. The van der Waals surface area contributed by atoms with Crippen molar-refractivity contribution in [2.75, 3.05) is 20.2 Å². The highest BCUT2D eigenvalue weighted by Gasteiger charge is 2.19. The maximum Gasteiger partial charge on any atom is 0.213 e. The number of unbranched alkanes of at least 4 members (excludes halogenated alkanes) is 2. The van der Waals surface area contributed by atoms with Gasteiger partial charge in [0.1, 0.15) is 5.76 Å². The van der Waals surface area contributed by atoms with Crippen LogP contribution in [0.4, 0.5) is 0 Å². The molecule has 28 heavy (non-hydrogen) atoms. The van der Waals surface area contributed by atoms with Gasteiger partial charge in [0.15, 0.2) is 5.96 Å². The molecule has 0 aliphatic heterocycles. The van der Waals surface area contributed by atoms with Crippen LogP contribution in [0.5, 0.6) is 0 Å². The van der Waals surface area contributed by atoms with Crippen LogP contribution in [0.15, 0.2) is 15.6 Å². The molecular formula is C21H39IN4O2. The monoisotopic (exact) mass is 506 g/mol. The molecule has 1 saturated carbocycles. The Morgan fingerprint density at radius 2 is 1.93 bits per heavy atom. The minimum Gasteiger partial charge on any atom is -0.443 e. The van der Waals surface area contributed by atoms with E-state index in [0.29, 0.717) is 18.5 Å². The topological polar surface area (TPSA) is 71.7 Å².